The maximum Gasteiger partial charge on any atom is 0.295 e. The standard InChI is InChI=1S/C21H26N2O9S3/c1-13(2)21(24)22-17-9-7-15(19(11-17)34(27,28)29)5-6-16-8-10-18(12-20(16)35(30,31)32)23-33(25,26)14(3)4/h5-14,23H,1-4H3,(H,22,24)(H,27,28,29)(H,30,31,32)/b6-5+. The molecule has 0 aliphatic heterocycles. The predicted molar refractivity (Wildman–Crippen MR) is 133 cm³/mol. The van der Waals surface area contributed by atoms with Gasteiger partial charge in [0.15, 0.2) is 0 Å². The van der Waals surface area contributed by atoms with Crippen molar-refractivity contribution in [1.29, 1.82) is 0 Å². The lowest BCUT2D eigenvalue weighted by molar-refractivity contribution is -0.118. The number of hydrogen-bond donors (Lipinski definition) is 4. The van der Waals surface area contributed by atoms with Gasteiger partial charge in [0.25, 0.3) is 20.2 Å². The largest absolute Gasteiger partial charge is 0.326 e. The maximum absolute atomic E-state index is 12.1. The third-order valence-corrected chi connectivity index (χ3v) is 8.28. The lowest BCUT2D eigenvalue weighted by Crippen LogP contribution is -2.22. The second-order valence-corrected chi connectivity index (χ2v) is 13.1. The molecule has 0 aliphatic rings. The Bertz CT molecular complexity index is 1480. The number of sulfonamides is 1. The maximum atomic E-state index is 12.1. The molecule has 4 N–H and O–H groups in total. The van der Waals surface area contributed by atoms with Crippen molar-refractivity contribution in [3.63, 3.8) is 0 Å². The molecule has 0 saturated heterocycles. The van der Waals surface area contributed by atoms with Crippen molar-refractivity contribution in [1.82, 2.24) is 0 Å². The molecule has 0 fully saturated rings. The van der Waals surface area contributed by atoms with Gasteiger partial charge in [0.2, 0.25) is 15.9 Å². The van der Waals surface area contributed by atoms with E-state index in [0.717, 1.165) is 12.1 Å². The van der Waals surface area contributed by atoms with Crippen LogP contribution in [0.2, 0.25) is 0 Å². The first-order valence-corrected chi connectivity index (χ1v) is 14.6. The second kappa shape index (κ2) is 10.5. The summed E-state index contributed by atoms with van der Waals surface area (Å²) in [6, 6.07) is 7.12. The Morgan fingerprint density at radius 3 is 1.60 bits per heavy atom. The third-order valence-electron chi connectivity index (χ3n) is 4.70. The number of hydrogen-bond acceptors (Lipinski definition) is 7. The van der Waals surface area contributed by atoms with Gasteiger partial charge in [-0.15, -0.1) is 0 Å². The summed E-state index contributed by atoms with van der Waals surface area (Å²) in [7, 11) is -13.3. The fraction of sp³-hybridized carbons (Fsp3) is 0.286. The summed E-state index contributed by atoms with van der Waals surface area (Å²) in [5.41, 5.74) is -0.111. The van der Waals surface area contributed by atoms with Crippen LogP contribution in [0.5, 0.6) is 0 Å². The smallest absolute Gasteiger partial charge is 0.295 e. The summed E-state index contributed by atoms with van der Waals surface area (Å²) in [5, 5.41) is 1.71. The van der Waals surface area contributed by atoms with Crippen molar-refractivity contribution in [3.8, 4) is 0 Å². The zero-order chi connectivity index (χ0) is 26.8. The zero-order valence-corrected chi connectivity index (χ0v) is 21.7. The quantitative estimate of drug-likeness (QED) is 0.271. The number of amides is 1. The van der Waals surface area contributed by atoms with Gasteiger partial charge in [-0.1, -0.05) is 38.1 Å². The molecule has 35 heavy (non-hydrogen) atoms. The van der Waals surface area contributed by atoms with E-state index in [1.807, 2.05) is 0 Å². The van der Waals surface area contributed by atoms with Gasteiger partial charge >= 0.3 is 0 Å². The molecule has 0 saturated carbocycles. The molecule has 0 atom stereocenters. The van der Waals surface area contributed by atoms with Gasteiger partial charge in [-0.3, -0.25) is 18.6 Å². The Kier molecular flexibility index (Phi) is 8.50. The summed E-state index contributed by atoms with van der Waals surface area (Å²) < 4.78 is 93.3. The van der Waals surface area contributed by atoms with Gasteiger partial charge in [-0.2, -0.15) is 16.8 Å². The molecule has 11 nitrogen and oxygen atoms in total. The molecule has 0 aliphatic carbocycles. The Hall–Kier alpha value is -2.78. The molecule has 14 heteroatoms. The highest BCUT2D eigenvalue weighted by Crippen LogP contribution is 2.27. The van der Waals surface area contributed by atoms with Gasteiger partial charge < -0.3 is 5.32 Å². The van der Waals surface area contributed by atoms with Crippen LogP contribution in [0.15, 0.2) is 46.2 Å². The summed E-state index contributed by atoms with van der Waals surface area (Å²) in [5.74, 6) is -0.754. The van der Waals surface area contributed by atoms with E-state index in [0.29, 0.717) is 0 Å². The van der Waals surface area contributed by atoms with E-state index in [-0.39, 0.29) is 34.3 Å². The van der Waals surface area contributed by atoms with Crippen molar-refractivity contribution in [3.05, 3.63) is 47.5 Å². The molecule has 0 aromatic heterocycles. The first kappa shape index (κ1) is 28.5. The van der Waals surface area contributed by atoms with Crippen LogP contribution in [-0.4, -0.2) is 45.5 Å². The summed E-state index contributed by atoms with van der Waals surface area (Å²) in [4.78, 5) is 10.7. The van der Waals surface area contributed by atoms with E-state index >= 15 is 0 Å². The molecule has 0 bridgehead atoms. The Morgan fingerprint density at radius 2 is 1.20 bits per heavy atom. The number of carbonyl (C=O) groups is 1. The third kappa shape index (κ3) is 7.60. The monoisotopic (exact) mass is 546 g/mol. The van der Waals surface area contributed by atoms with Gasteiger partial charge in [0.05, 0.1) is 5.25 Å². The number of anilines is 2. The van der Waals surface area contributed by atoms with Crippen LogP contribution in [0.3, 0.4) is 0 Å². The van der Waals surface area contributed by atoms with Crippen molar-refractivity contribution >= 4 is 59.7 Å². The number of benzene rings is 2. The summed E-state index contributed by atoms with van der Waals surface area (Å²) in [6.45, 7) is 6.13. The average molecular weight is 547 g/mol. The Balaban J connectivity index is 2.54. The molecule has 0 spiro atoms. The molecule has 192 valence electrons. The van der Waals surface area contributed by atoms with E-state index in [1.54, 1.807) is 13.8 Å². The van der Waals surface area contributed by atoms with Crippen LogP contribution in [0.25, 0.3) is 12.2 Å². The number of carbonyl (C=O) groups excluding carboxylic acids is 1. The highest BCUT2D eigenvalue weighted by Gasteiger charge is 2.20. The van der Waals surface area contributed by atoms with E-state index in [9.17, 15) is 39.2 Å². The normalized spacial score (nSPS) is 12.9. The number of nitrogens with one attached hydrogen (secondary N) is 2. The molecule has 1 amide bonds. The molecule has 2 rings (SSSR count). The van der Waals surface area contributed by atoms with Crippen LogP contribution in [0, 0.1) is 5.92 Å². The average Bonchev–Trinajstić information content (AvgIpc) is 2.71. The van der Waals surface area contributed by atoms with Crippen LogP contribution in [-0.2, 0) is 35.1 Å². The predicted octanol–water partition coefficient (Wildman–Crippen LogP) is 3.10. The molecule has 2 aromatic rings. The van der Waals surface area contributed by atoms with Crippen LogP contribution < -0.4 is 10.0 Å². The molecular formula is C21H26N2O9S3. The number of rotatable bonds is 9. The van der Waals surface area contributed by atoms with Crippen molar-refractivity contribution in [2.75, 3.05) is 10.0 Å². The van der Waals surface area contributed by atoms with Gasteiger partial charge in [-0.05, 0) is 49.2 Å². The van der Waals surface area contributed by atoms with Gasteiger partial charge in [0.1, 0.15) is 9.79 Å². The lowest BCUT2D eigenvalue weighted by atomic mass is 10.1. The van der Waals surface area contributed by atoms with Crippen LogP contribution in [0.1, 0.15) is 38.8 Å². The second-order valence-electron chi connectivity index (χ2n) is 8.13. The minimum absolute atomic E-state index is 0.0408. The minimum Gasteiger partial charge on any atom is -0.326 e. The van der Waals surface area contributed by atoms with E-state index in [2.05, 4.69) is 10.0 Å². The zero-order valence-electron chi connectivity index (χ0n) is 19.3. The van der Waals surface area contributed by atoms with Gasteiger partial charge in [0, 0.05) is 17.3 Å². The topological polar surface area (TPSA) is 184 Å². The fourth-order valence-corrected chi connectivity index (χ4v) is 4.79. The molecule has 0 radical (unpaired) electrons. The first-order chi connectivity index (χ1) is 15.9. The summed E-state index contributed by atoms with van der Waals surface area (Å²) in [6.07, 6.45) is 2.35. The lowest BCUT2D eigenvalue weighted by Gasteiger charge is -2.13. The molecule has 2 aromatic carbocycles. The van der Waals surface area contributed by atoms with E-state index < -0.39 is 45.3 Å². The Labute approximate surface area is 204 Å². The molecular weight excluding hydrogens is 520 g/mol. The SMILES string of the molecule is CC(C)C(=O)Nc1ccc(/C=C/c2ccc(NS(=O)(=O)C(C)C)cc2S(=O)(=O)O)c(S(=O)(=O)O)c1. The first-order valence-electron chi connectivity index (χ1n) is 10.2. The van der Waals surface area contributed by atoms with Crippen LogP contribution in [0.4, 0.5) is 11.4 Å². The Morgan fingerprint density at radius 1 is 0.771 bits per heavy atom. The van der Waals surface area contributed by atoms with Crippen LogP contribution >= 0.6 is 0 Å². The highest BCUT2D eigenvalue weighted by molar-refractivity contribution is 7.93. The molecule has 0 heterocycles. The highest BCUT2D eigenvalue weighted by atomic mass is 32.2. The van der Waals surface area contributed by atoms with Gasteiger partial charge in [-0.25, -0.2) is 8.42 Å². The van der Waals surface area contributed by atoms with E-state index in [1.165, 1.54) is 50.3 Å². The minimum atomic E-state index is -4.80. The van der Waals surface area contributed by atoms with Crippen molar-refractivity contribution < 1.29 is 39.2 Å². The van der Waals surface area contributed by atoms with Crippen molar-refractivity contribution in [2.45, 2.75) is 42.7 Å². The van der Waals surface area contributed by atoms with E-state index in [4.69, 9.17) is 0 Å². The summed E-state index contributed by atoms with van der Waals surface area (Å²) >= 11 is 0. The van der Waals surface area contributed by atoms with Crippen molar-refractivity contribution in [2.24, 2.45) is 5.92 Å². The fourth-order valence-electron chi connectivity index (χ4n) is 2.68. The molecule has 0 unspecified atom stereocenters.